The summed E-state index contributed by atoms with van der Waals surface area (Å²) in [5.41, 5.74) is 0.980. The summed E-state index contributed by atoms with van der Waals surface area (Å²) in [4.78, 5) is 15.3. The van der Waals surface area contributed by atoms with Crippen molar-refractivity contribution in [2.45, 2.75) is 6.92 Å². The summed E-state index contributed by atoms with van der Waals surface area (Å²) in [5.74, 6) is -1.48. The van der Waals surface area contributed by atoms with Gasteiger partial charge in [0.2, 0.25) is 0 Å². The van der Waals surface area contributed by atoms with E-state index in [1.165, 1.54) is 17.4 Å². The van der Waals surface area contributed by atoms with Gasteiger partial charge in [-0.1, -0.05) is 12.1 Å². The highest BCUT2D eigenvalue weighted by molar-refractivity contribution is 9.11. The number of aromatic nitrogens is 1. The molecule has 6 heteroatoms. The number of thiazole rings is 1. The van der Waals surface area contributed by atoms with E-state index < -0.39 is 5.97 Å². The third-order valence-electron chi connectivity index (χ3n) is 2.24. The molecule has 1 N–H and O–H groups in total. The third-order valence-corrected chi connectivity index (χ3v) is 3.79. The molecule has 1 aromatic heterocycles. The zero-order valence-electron chi connectivity index (χ0n) is 8.70. The van der Waals surface area contributed by atoms with Gasteiger partial charge in [0.25, 0.3) is 0 Å². The average Bonchev–Trinajstić information content (AvgIpc) is 2.64. The molecular weight excluding hydrogens is 309 g/mol. The Balaban J connectivity index is 2.59. The molecule has 0 amide bonds. The highest BCUT2D eigenvalue weighted by Gasteiger charge is 2.18. The van der Waals surface area contributed by atoms with E-state index in [9.17, 15) is 9.18 Å². The van der Waals surface area contributed by atoms with E-state index in [0.29, 0.717) is 19.9 Å². The van der Waals surface area contributed by atoms with Crippen molar-refractivity contribution < 1.29 is 14.3 Å². The SMILES string of the molecule is Cc1ccc(-c2sc(Br)nc2C(=O)O)cc1F. The largest absolute Gasteiger partial charge is 0.476 e. The lowest BCUT2D eigenvalue weighted by Gasteiger charge is -2.01. The maximum absolute atomic E-state index is 13.4. The standard InChI is InChI=1S/C11H7BrFNO2S/c1-5-2-3-6(4-7(5)13)9-8(10(15)16)14-11(12)17-9/h2-4H,1H3,(H,15,16). The second-order valence-electron chi connectivity index (χ2n) is 3.41. The normalized spacial score (nSPS) is 10.5. The molecule has 0 saturated carbocycles. The number of aromatic carboxylic acids is 1. The fraction of sp³-hybridized carbons (Fsp3) is 0.0909. The van der Waals surface area contributed by atoms with Crippen LogP contribution in [0.5, 0.6) is 0 Å². The van der Waals surface area contributed by atoms with Gasteiger partial charge in [0.15, 0.2) is 9.61 Å². The van der Waals surface area contributed by atoms with Gasteiger partial charge in [0, 0.05) is 0 Å². The molecule has 1 heterocycles. The summed E-state index contributed by atoms with van der Waals surface area (Å²) in [6.45, 7) is 1.65. The van der Waals surface area contributed by atoms with Crippen LogP contribution in [0.4, 0.5) is 4.39 Å². The van der Waals surface area contributed by atoms with Crippen LogP contribution in [0.25, 0.3) is 10.4 Å². The van der Waals surface area contributed by atoms with Gasteiger partial charge >= 0.3 is 5.97 Å². The van der Waals surface area contributed by atoms with Crippen LogP contribution in [0.15, 0.2) is 22.1 Å². The quantitative estimate of drug-likeness (QED) is 0.919. The van der Waals surface area contributed by atoms with Gasteiger partial charge in [0.1, 0.15) is 5.82 Å². The summed E-state index contributed by atoms with van der Waals surface area (Å²) >= 11 is 4.30. The van der Waals surface area contributed by atoms with Crippen LogP contribution in [0.3, 0.4) is 0 Å². The van der Waals surface area contributed by atoms with Crippen molar-refractivity contribution in [2.24, 2.45) is 0 Å². The zero-order valence-corrected chi connectivity index (χ0v) is 11.1. The summed E-state index contributed by atoms with van der Waals surface area (Å²) in [6.07, 6.45) is 0. The molecule has 0 aliphatic heterocycles. The van der Waals surface area contributed by atoms with Crippen molar-refractivity contribution in [3.05, 3.63) is 39.2 Å². The van der Waals surface area contributed by atoms with E-state index >= 15 is 0 Å². The first kappa shape index (κ1) is 12.2. The van der Waals surface area contributed by atoms with E-state index in [0.717, 1.165) is 0 Å². The maximum Gasteiger partial charge on any atom is 0.356 e. The summed E-state index contributed by atoms with van der Waals surface area (Å²) in [7, 11) is 0. The van der Waals surface area contributed by atoms with E-state index in [-0.39, 0.29) is 11.5 Å². The Morgan fingerprint density at radius 1 is 1.53 bits per heavy atom. The molecule has 0 fully saturated rings. The van der Waals surface area contributed by atoms with Crippen LogP contribution in [0.1, 0.15) is 16.1 Å². The van der Waals surface area contributed by atoms with E-state index in [2.05, 4.69) is 20.9 Å². The van der Waals surface area contributed by atoms with Gasteiger partial charge in [-0.05, 0) is 40.0 Å². The molecule has 3 nitrogen and oxygen atoms in total. The number of carboxylic acids is 1. The van der Waals surface area contributed by atoms with Crippen molar-refractivity contribution >= 4 is 33.2 Å². The molecule has 0 bridgehead atoms. The van der Waals surface area contributed by atoms with E-state index in [1.54, 1.807) is 19.1 Å². The minimum absolute atomic E-state index is 0.0647. The Kier molecular flexibility index (Phi) is 3.26. The molecule has 0 aliphatic rings. The van der Waals surface area contributed by atoms with Crippen LogP contribution in [-0.4, -0.2) is 16.1 Å². The van der Waals surface area contributed by atoms with Crippen LogP contribution < -0.4 is 0 Å². The molecule has 17 heavy (non-hydrogen) atoms. The Morgan fingerprint density at radius 3 is 2.82 bits per heavy atom. The van der Waals surface area contributed by atoms with E-state index in [1.807, 2.05) is 0 Å². The second-order valence-corrected chi connectivity index (χ2v) is 5.69. The highest BCUT2D eigenvalue weighted by atomic mass is 79.9. The molecule has 2 aromatic rings. The predicted molar refractivity (Wildman–Crippen MR) is 66.9 cm³/mol. The van der Waals surface area contributed by atoms with Crippen molar-refractivity contribution in [3.8, 4) is 10.4 Å². The minimum atomic E-state index is -1.12. The van der Waals surface area contributed by atoms with Crippen LogP contribution >= 0.6 is 27.3 Å². The minimum Gasteiger partial charge on any atom is -0.476 e. The first-order chi connectivity index (χ1) is 7.99. The zero-order chi connectivity index (χ0) is 12.6. The topological polar surface area (TPSA) is 50.2 Å². The lowest BCUT2D eigenvalue weighted by Crippen LogP contribution is -1.98. The number of hydrogen-bond acceptors (Lipinski definition) is 3. The monoisotopic (exact) mass is 315 g/mol. The Morgan fingerprint density at radius 2 is 2.24 bits per heavy atom. The summed E-state index contributed by atoms with van der Waals surface area (Å²) in [6, 6.07) is 4.62. The fourth-order valence-electron chi connectivity index (χ4n) is 1.37. The van der Waals surface area contributed by atoms with Crippen molar-refractivity contribution in [1.29, 1.82) is 0 Å². The van der Waals surface area contributed by atoms with Gasteiger partial charge in [-0.25, -0.2) is 14.2 Å². The van der Waals surface area contributed by atoms with Gasteiger partial charge in [-0.3, -0.25) is 0 Å². The van der Waals surface area contributed by atoms with Gasteiger partial charge < -0.3 is 5.11 Å². The van der Waals surface area contributed by atoms with E-state index in [4.69, 9.17) is 5.11 Å². The number of carbonyl (C=O) groups is 1. The number of aryl methyl sites for hydroxylation is 1. The smallest absolute Gasteiger partial charge is 0.356 e. The van der Waals surface area contributed by atoms with Crippen LogP contribution in [0, 0.1) is 12.7 Å². The molecular formula is C11H7BrFNO2S. The van der Waals surface area contributed by atoms with Crippen molar-refractivity contribution in [3.63, 3.8) is 0 Å². The first-order valence-electron chi connectivity index (χ1n) is 4.65. The molecule has 88 valence electrons. The number of halogens is 2. The van der Waals surface area contributed by atoms with Crippen molar-refractivity contribution in [2.75, 3.05) is 0 Å². The Bertz CT molecular complexity index is 597. The Hall–Kier alpha value is -1.27. The second kappa shape index (κ2) is 4.54. The highest BCUT2D eigenvalue weighted by Crippen LogP contribution is 2.33. The fourth-order valence-corrected chi connectivity index (χ4v) is 2.81. The molecule has 0 unspecified atom stereocenters. The molecule has 0 aliphatic carbocycles. The third kappa shape index (κ3) is 2.37. The number of nitrogens with zero attached hydrogens (tertiary/aromatic N) is 1. The number of hydrogen-bond donors (Lipinski definition) is 1. The predicted octanol–water partition coefficient (Wildman–Crippen LogP) is 3.72. The van der Waals surface area contributed by atoms with Crippen LogP contribution in [0.2, 0.25) is 0 Å². The number of carboxylic acid groups (broad SMARTS) is 1. The summed E-state index contributed by atoms with van der Waals surface area (Å²) in [5, 5.41) is 8.99. The summed E-state index contributed by atoms with van der Waals surface area (Å²) < 4.78 is 13.9. The lowest BCUT2D eigenvalue weighted by atomic mass is 10.1. The maximum atomic E-state index is 13.4. The lowest BCUT2D eigenvalue weighted by molar-refractivity contribution is 0.0692. The van der Waals surface area contributed by atoms with Gasteiger partial charge in [-0.15, -0.1) is 11.3 Å². The molecule has 0 radical (unpaired) electrons. The molecule has 0 atom stereocenters. The number of benzene rings is 1. The van der Waals surface area contributed by atoms with Crippen molar-refractivity contribution in [1.82, 2.24) is 4.98 Å². The Labute approximate surface area is 109 Å². The molecule has 1 aromatic carbocycles. The van der Waals surface area contributed by atoms with Gasteiger partial charge in [-0.2, -0.15) is 0 Å². The molecule has 2 rings (SSSR count). The molecule has 0 saturated heterocycles. The van der Waals surface area contributed by atoms with Gasteiger partial charge in [0.05, 0.1) is 4.88 Å². The average molecular weight is 316 g/mol. The van der Waals surface area contributed by atoms with Crippen LogP contribution in [-0.2, 0) is 0 Å². The molecule has 0 spiro atoms. The first-order valence-corrected chi connectivity index (χ1v) is 6.26. The number of rotatable bonds is 2.